The monoisotopic (exact) mass is 282 g/mol. The average Bonchev–Trinajstić information content (AvgIpc) is 2.89. The van der Waals surface area contributed by atoms with Crippen LogP contribution in [0.2, 0.25) is 0 Å². The van der Waals surface area contributed by atoms with Crippen LogP contribution in [0.3, 0.4) is 0 Å². The van der Waals surface area contributed by atoms with Gasteiger partial charge in [-0.3, -0.25) is 0 Å². The van der Waals surface area contributed by atoms with E-state index in [0.29, 0.717) is 0 Å². The second-order valence-corrected chi connectivity index (χ2v) is 5.88. The number of aryl methyl sites for hydroxylation is 1. The van der Waals surface area contributed by atoms with Gasteiger partial charge in [-0.25, -0.2) is 0 Å². The van der Waals surface area contributed by atoms with Gasteiger partial charge in [-0.05, 0) is 48.2 Å². The summed E-state index contributed by atoms with van der Waals surface area (Å²) in [6, 6.07) is 12.7. The molecule has 21 heavy (non-hydrogen) atoms. The molecule has 0 aliphatic heterocycles. The van der Waals surface area contributed by atoms with E-state index in [4.69, 9.17) is 4.42 Å². The van der Waals surface area contributed by atoms with E-state index in [9.17, 15) is 5.11 Å². The van der Waals surface area contributed by atoms with Crippen LogP contribution in [0.25, 0.3) is 21.9 Å². The minimum Gasteiger partial charge on any atom is -0.456 e. The quantitative estimate of drug-likeness (QED) is 0.712. The van der Waals surface area contributed by atoms with Crippen molar-refractivity contribution in [2.24, 2.45) is 0 Å². The third-order valence-electron chi connectivity index (χ3n) is 4.22. The summed E-state index contributed by atoms with van der Waals surface area (Å²) in [5, 5.41) is 11.7. The molecule has 1 aromatic heterocycles. The van der Waals surface area contributed by atoms with Gasteiger partial charge in [0.2, 0.25) is 0 Å². The highest BCUT2D eigenvalue weighted by Crippen LogP contribution is 2.32. The first-order valence-electron chi connectivity index (χ1n) is 7.79. The van der Waals surface area contributed by atoms with Crippen molar-refractivity contribution in [1.29, 1.82) is 0 Å². The van der Waals surface area contributed by atoms with Gasteiger partial charge in [0, 0.05) is 23.3 Å². The van der Waals surface area contributed by atoms with Crippen LogP contribution in [0.4, 0.5) is 0 Å². The Hall–Kier alpha value is -1.80. The molecule has 1 N–H and O–H groups in total. The van der Waals surface area contributed by atoms with Crippen molar-refractivity contribution in [1.82, 2.24) is 0 Å². The third-order valence-corrected chi connectivity index (χ3v) is 4.22. The molecule has 3 rings (SSSR count). The van der Waals surface area contributed by atoms with Gasteiger partial charge in [0.05, 0.1) is 0 Å². The zero-order valence-electron chi connectivity index (χ0n) is 12.7. The van der Waals surface area contributed by atoms with Gasteiger partial charge in [0.15, 0.2) is 0 Å². The van der Waals surface area contributed by atoms with Crippen molar-refractivity contribution in [3.8, 4) is 0 Å². The Kier molecular flexibility index (Phi) is 3.98. The van der Waals surface area contributed by atoms with E-state index in [1.165, 1.54) is 23.8 Å². The number of furan rings is 1. The summed E-state index contributed by atoms with van der Waals surface area (Å²) in [7, 11) is 0. The Morgan fingerprint density at radius 1 is 1.05 bits per heavy atom. The Balaban J connectivity index is 2.11. The fourth-order valence-corrected chi connectivity index (χ4v) is 2.79. The number of aliphatic hydroxyl groups excluding tert-OH is 1. The van der Waals surface area contributed by atoms with Crippen molar-refractivity contribution < 1.29 is 9.52 Å². The fourth-order valence-electron chi connectivity index (χ4n) is 2.79. The largest absolute Gasteiger partial charge is 0.456 e. The zero-order chi connectivity index (χ0) is 14.8. The number of aliphatic hydroxyl groups is 1. The Bertz CT molecular complexity index is 755. The van der Waals surface area contributed by atoms with Crippen LogP contribution < -0.4 is 0 Å². The fraction of sp³-hybridized carbons (Fsp3) is 0.368. The summed E-state index contributed by atoms with van der Waals surface area (Å²) in [4.78, 5) is 0. The Labute approximate surface area is 125 Å². The van der Waals surface area contributed by atoms with Crippen LogP contribution in [0.1, 0.15) is 43.7 Å². The molecule has 0 saturated heterocycles. The lowest BCUT2D eigenvalue weighted by atomic mass is 9.99. The molecule has 1 heterocycles. The van der Waals surface area contributed by atoms with Gasteiger partial charge in [-0.2, -0.15) is 0 Å². The predicted octanol–water partition coefficient (Wildman–Crippen LogP) is 5.02. The molecule has 1 unspecified atom stereocenters. The standard InChI is InChI=1S/C19H22O2/c1-3-4-5-14-6-8-18-16(10-14)17-11-15(13(2)12-20)7-9-19(17)21-18/h6-11,13,20H,3-5,12H2,1-2H3. The molecule has 0 aliphatic carbocycles. The molecule has 0 bridgehead atoms. The number of rotatable bonds is 5. The Morgan fingerprint density at radius 2 is 1.76 bits per heavy atom. The number of unbranched alkanes of at least 4 members (excludes halogenated alkanes) is 1. The summed E-state index contributed by atoms with van der Waals surface area (Å²) in [5.74, 6) is 0.155. The molecular weight excluding hydrogens is 260 g/mol. The predicted molar refractivity (Wildman–Crippen MR) is 87.8 cm³/mol. The van der Waals surface area contributed by atoms with Crippen LogP contribution in [-0.4, -0.2) is 11.7 Å². The van der Waals surface area contributed by atoms with E-state index in [2.05, 4.69) is 31.2 Å². The van der Waals surface area contributed by atoms with Crippen molar-refractivity contribution in [3.63, 3.8) is 0 Å². The molecular formula is C19H22O2. The summed E-state index contributed by atoms with van der Waals surface area (Å²) < 4.78 is 5.92. The van der Waals surface area contributed by atoms with Gasteiger partial charge in [0.25, 0.3) is 0 Å². The lowest BCUT2D eigenvalue weighted by molar-refractivity contribution is 0.273. The van der Waals surface area contributed by atoms with E-state index < -0.39 is 0 Å². The topological polar surface area (TPSA) is 33.4 Å². The average molecular weight is 282 g/mol. The lowest BCUT2D eigenvalue weighted by Gasteiger charge is -2.07. The normalized spacial score (nSPS) is 13.1. The zero-order valence-corrected chi connectivity index (χ0v) is 12.7. The molecule has 0 radical (unpaired) electrons. The molecule has 0 aliphatic rings. The summed E-state index contributed by atoms with van der Waals surface area (Å²) in [6.07, 6.45) is 3.54. The highest BCUT2D eigenvalue weighted by Gasteiger charge is 2.11. The first-order valence-corrected chi connectivity index (χ1v) is 7.79. The van der Waals surface area contributed by atoms with E-state index in [1.807, 2.05) is 19.1 Å². The molecule has 0 spiro atoms. The van der Waals surface area contributed by atoms with Crippen LogP contribution in [0.15, 0.2) is 40.8 Å². The van der Waals surface area contributed by atoms with Gasteiger partial charge in [-0.1, -0.05) is 32.4 Å². The number of hydrogen-bond donors (Lipinski definition) is 1. The Morgan fingerprint density at radius 3 is 2.48 bits per heavy atom. The minimum atomic E-state index is 0.155. The molecule has 0 fully saturated rings. The van der Waals surface area contributed by atoms with Crippen molar-refractivity contribution in [2.75, 3.05) is 6.61 Å². The molecule has 0 amide bonds. The molecule has 2 nitrogen and oxygen atoms in total. The smallest absolute Gasteiger partial charge is 0.135 e. The maximum absolute atomic E-state index is 9.34. The number of fused-ring (bicyclic) bond motifs is 3. The SMILES string of the molecule is CCCCc1ccc2oc3ccc(C(C)CO)cc3c2c1. The van der Waals surface area contributed by atoms with Gasteiger partial charge in [0.1, 0.15) is 11.2 Å². The highest BCUT2D eigenvalue weighted by molar-refractivity contribution is 6.05. The third kappa shape index (κ3) is 2.68. The van der Waals surface area contributed by atoms with E-state index >= 15 is 0 Å². The summed E-state index contributed by atoms with van der Waals surface area (Å²) >= 11 is 0. The van der Waals surface area contributed by atoms with Gasteiger partial charge < -0.3 is 9.52 Å². The van der Waals surface area contributed by atoms with Crippen molar-refractivity contribution in [3.05, 3.63) is 47.5 Å². The van der Waals surface area contributed by atoms with Crippen LogP contribution >= 0.6 is 0 Å². The molecule has 1 atom stereocenters. The molecule has 2 heteroatoms. The maximum atomic E-state index is 9.34. The van der Waals surface area contributed by atoms with Gasteiger partial charge in [-0.15, -0.1) is 0 Å². The second-order valence-electron chi connectivity index (χ2n) is 5.88. The van der Waals surface area contributed by atoms with Crippen LogP contribution in [0, 0.1) is 0 Å². The van der Waals surface area contributed by atoms with Gasteiger partial charge >= 0.3 is 0 Å². The first-order chi connectivity index (χ1) is 10.2. The number of benzene rings is 2. The molecule has 3 aromatic rings. The molecule has 110 valence electrons. The van der Waals surface area contributed by atoms with Crippen LogP contribution in [-0.2, 0) is 6.42 Å². The van der Waals surface area contributed by atoms with Crippen molar-refractivity contribution >= 4 is 21.9 Å². The lowest BCUT2D eigenvalue weighted by Crippen LogP contribution is -1.97. The summed E-state index contributed by atoms with van der Waals surface area (Å²) in [6.45, 7) is 4.42. The second kappa shape index (κ2) is 5.90. The van der Waals surface area contributed by atoms with Crippen LogP contribution in [0.5, 0.6) is 0 Å². The maximum Gasteiger partial charge on any atom is 0.135 e. The van der Waals surface area contributed by atoms with Crippen molar-refractivity contribution in [2.45, 2.75) is 39.0 Å². The van der Waals surface area contributed by atoms with E-state index in [-0.39, 0.29) is 12.5 Å². The summed E-state index contributed by atoms with van der Waals surface area (Å²) in [5.41, 5.74) is 4.39. The first kappa shape index (κ1) is 14.2. The van der Waals surface area contributed by atoms with E-state index in [1.54, 1.807) is 0 Å². The molecule has 2 aromatic carbocycles. The minimum absolute atomic E-state index is 0.155. The molecule has 0 saturated carbocycles. The van der Waals surface area contributed by atoms with E-state index in [0.717, 1.165) is 28.5 Å². The highest BCUT2D eigenvalue weighted by atomic mass is 16.3. The number of hydrogen-bond acceptors (Lipinski definition) is 2.